The molecule has 0 saturated heterocycles. The second-order valence-electron chi connectivity index (χ2n) is 4.40. The Bertz CT molecular complexity index is 303. The van der Waals surface area contributed by atoms with E-state index in [1.165, 1.54) is 25.7 Å². The molecule has 1 atom stereocenters. The van der Waals surface area contributed by atoms with E-state index in [2.05, 4.69) is 5.10 Å². The molecule has 1 aromatic rings. The summed E-state index contributed by atoms with van der Waals surface area (Å²) in [6.45, 7) is 2.72. The standard InChI is InChI=1S/C11H19N3O/c1-9(12)7-14-8-11(6-13-14)15-10-4-2-3-5-10/h6,8-10H,2-5,7,12H2,1H3. The van der Waals surface area contributed by atoms with Gasteiger partial charge in [-0.1, -0.05) is 0 Å². The summed E-state index contributed by atoms with van der Waals surface area (Å²) >= 11 is 0. The van der Waals surface area contributed by atoms with E-state index in [1.54, 1.807) is 6.20 Å². The van der Waals surface area contributed by atoms with Crippen LogP contribution in [0.15, 0.2) is 12.4 Å². The fraction of sp³-hybridized carbons (Fsp3) is 0.727. The molecular formula is C11H19N3O. The van der Waals surface area contributed by atoms with Crippen molar-refractivity contribution in [3.05, 3.63) is 12.4 Å². The highest BCUT2D eigenvalue weighted by Gasteiger charge is 2.17. The highest BCUT2D eigenvalue weighted by Crippen LogP contribution is 2.23. The molecule has 1 heterocycles. The lowest BCUT2D eigenvalue weighted by Gasteiger charge is -2.10. The zero-order valence-corrected chi connectivity index (χ0v) is 9.22. The number of nitrogens with zero attached hydrogens (tertiary/aromatic N) is 2. The molecule has 2 N–H and O–H groups in total. The van der Waals surface area contributed by atoms with Crippen molar-refractivity contribution in [1.82, 2.24) is 9.78 Å². The molecule has 1 fully saturated rings. The minimum absolute atomic E-state index is 0.129. The predicted octanol–water partition coefficient (Wildman–Crippen LogP) is 1.55. The summed E-state index contributed by atoms with van der Waals surface area (Å²) in [5.74, 6) is 0.877. The maximum atomic E-state index is 5.81. The van der Waals surface area contributed by atoms with Gasteiger partial charge in [-0.05, 0) is 32.6 Å². The van der Waals surface area contributed by atoms with Crippen LogP contribution in [0.3, 0.4) is 0 Å². The van der Waals surface area contributed by atoms with Crippen LogP contribution in [0.1, 0.15) is 32.6 Å². The van der Waals surface area contributed by atoms with Gasteiger partial charge in [0.1, 0.15) is 0 Å². The lowest BCUT2D eigenvalue weighted by Crippen LogP contribution is -2.22. The first kappa shape index (κ1) is 10.5. The quantitative estimate of drug-likeness (QED) is 0.818. The molecule has 0 aromatic carbocycles. The van der Waals surface area contributed by atoms with E-state index in [1.807, 2.05) is 17.8 Å². The zero-order valence-electron chi connectivity index (χ0n) is 9.22. The molecule has 2 rings (SSSR count). The highest BCUT2D eigenvalue weighted by atomic mass is 16.5. The van der Waals surface area contributed by atoms with E-state index in [-0.39, 0.29) is 6.04 Å². The molecule has 0 aliphatic heterocycles. The molecule has 1 saturated carbocycles. The molecule has 15 heavy (non-hydrogen) atoms. The normalized spacial score (nSPS) is 19.3. The first-order chi connectivity index (χ1) is 7.24. The monoisotopic (exact) mass is 209 g/mol. The Morgan fingerprint density at radius 3 is 3.00 bits per heavy atom. The Balaban J connectivity index is 1.88. The number of hydrogen-bond acceptors (Lipinski definition) is 3. The van der Waals surface area contributed by atoms with Crippen molar-refractivity contribution < 1.29 is 4.74 Å². The van der Waals surface area contributed by atoms with Gasteiger partial charge in [0.25, 0.3) is 0 Å². The topological polar surface area (TPSA) is 53.1 Å². The molecule has 1 unspecified atom stereocenters. The Kier molecular flexibility index (Phi) is 3.26. The Morgan fingerprint density at radius 1 is 1.60 bits per heavy atom. The maximum Gasteiger partial charge on any atom is 0.157 e. The molecule has 1 aliphatic carbocycles. The van der Waals surface area contributed by atoms with E-state index >= 15 is 0 Å². The Hall–Kier alpha value is -1.03. The molecule has 84 valence electrons. The maximum absolute atomic E-state index is 5.81. The summed E-state index contributed by atoms with van der Waals surface area (Å²) in [5, 5.41) is 4.21. The van der Waals surface area contributed by atoms with E-state index < -0.39 is 0 Å². The van der Waals surface area contributed by atoms with E-state index in [4.69, 9.17) is 10.5 Å². The molecule has 0 bridgehead atoms. The number of aromatic nitrogens is 2. The summed E-state index contributed by atoms with van der Waals surface area (Å²) in [7, 11) is 0. The third-order valence-electron chi connectivity index (χ3n) is 2.69. The third kappa shape index (κ3) is 2.96. The van der Waals surface area contributed by atoms with E-state index in [0.29, 0.717) is 6.10 Å². The van der Waals surface area contributed by atoms with Crippen LogP contribution in [0, 0.1) is 0 Å². The van der Waals surface area contributed by atoms with E-state index in [0.717, 1.165) is 12.3 Å². The first-order valence-corrected chi connectivity index (χ1v) is 5.69. The lowest BCUT2D eigenvalue weighted by atomic mass is 10.3. The van der Waals surface area contributed by atoms with Gasteiger partial charge in [0.05, 0.1) is 25.0 Å². The molecule has 0 radical (unpaired) electrons. The van der Waals surface area contributed by atoms with Gasteiger partial charge in [-0.15, -0.1) is 0 Å². The third-order valence-corrected chi connectivity index (χ3v) is 2.69. The number of nitrogens with two attached hydrogens (primary N) is 1. The van der Waals surface area contributed by atoms with Crippen LogP contribution >= 0.6 is 0 Å². The molecular weight excluding hydrogens is 190 g/mol. The van der Waals surface area contributed by atoms with Crippen LogP contribution in [-0.2, 0) is 6.54 Å². The number of rotatable bonds is 4. The molecule has 1 aliphatic rings. The average Bonchev–Trinajstić information content (AvgIpc) is 2.77. The van der Waals surface area contributed by atoms with Crippen molar-refractivity contribution in [3.8, 4) is 5.75 Å². The summed E-state index contributed by atoms with van der Waals surface area (Å²) < 4.78 is 7.66. The number of ether oxygens (including phenoxy) is 1. The van der Waals surface area contributed by atoms with Crippen LogP contribution in [0.4, 0.5) is 0 Å². The van der Waals surface area contributed by atoms with Gasteiger partial charge in [-0.2, -0.15) is 5.10 Å². The summed E-state index contributed by atoms with van der Waals surface area (Å²) in [5.41, 5.74) is 5.70. The van der Waals surface area contributed by atoms with Gasteiger partial charge in [0, 0.05) is 6.04 Å². The van der Waals surface area contributed by atoms with Crippen molar-refractivity contribution >= 4 is 0 Å². The van der Waals surface area contributed by atoms with Crippen molar-refractivity contribution in [3.63, 3.8) is 0 Å². The van der Waals surface area contributed by atoms with E-state index in [9.17, 15) is 0 Å². The molecule has 4 heteroatoms. The fourth-order valence-corrected chi connectivity index (χ4v) is 2.00. The molecule has 0 amide bonds. The van der Waals surface area contributed by atoms with Crippen LogP contribution < -0.4 is 10.5 Å². The molecule has 4 nitrogen and oxygen atoms in total. The second-order valence-corrected chi connectivity index (χ2v) is 4.40. The van der Waals surface area contributed by atoms with Gasteiger partial charge in [-0.25, -0.2) is 0 Å². The summed E-state index contributed by atoms with van der Waals surface area (Å²) in [6, 6.07) is 0.129. The SMILES string of the molecule is CC(N)Cn1cc(OC2CCCC2)cn1. The van der Waals surface area contributed by atoms with Crippen LogP contribution in [0.25, 0.3) is 0 Å². The van der Waals surface area contributed by atoms with Crippen molar-refractivity contribution in [1.29, 1.82) is 0 Å². The molecule has 1 aromatic heterocycles. The fourth-order valence-electron chi connectivity index (χ4n) is 2.00. The van der Waals surface area contributed by atoms with Crippen LogP contribution in [0.5, 0.6) is 5.75 Å². The smallest absolute Gasteiger partial charge is 0.157 e. The Morgan fingerprint density at radius 2 is 2.33 bits per heavy atom. The Labute approximate surface area is 90.4 Å². The summed E-state index contributed by atoms with van der Waals surface area (Å²) in [4.78, 5) is 0. The largest absolute Gasteiger partial charge is 0.487 e. The van der Waals surface area contributed by atoms with Gasteiger partial charge >= 0.3 is 0 Å². The first-order valence-electron chi connectivity index (χ1n) is 5.69. The van der Waals surface area contributed by atoms with Gasteiger partial charge in [0.2, 0.25) is 0 Å². The van der Waals surface area contributed by atoms with Crippen LogP contribution in [0.2, 0.25) is 0 Å². The highest BCUT2D eigenvalue weighted by molar-refractivity contribution is 5.12. The zero-order chi connectivity index (χ0) is 10.7. The summed E-state index contributed by atoms with van der Waals surface area (Å²) in [6.07, 6.45) is 9.05. The van der Waals surface area contributed by atoms with Gasteiger partial charge in [0.15, 0.2) is 5.75 Å². The second kappa shape index (κ2) is 4.66. The number of hydrogen-bond donors (Lipinski definition) is 1. The van der Waals surface area contributed by atoms with Crippen molar-refractivity contribution in [2.45, 2.75) is 51.3 Å². The average molecular weight is 209 g/mol. The van der Waals surface area contributed by atoms with Crippen LogP contribution in [-0.4, -0.2) is 21.9 Å². The van der Waals surface area contributed by atoms with Crippen molar-refractivity contribution in [2.75, 3.05) is 0 Å². The minimum atomic E-state index is 0.129. The molecule has 0 spiro atoms. The predicted molar refractivity (Wildman–Crippen MR) is 58.8 cm³/mol. The van der Waals surface area contributed by atoms with Gasteiger partial charge in [-0.3, -0.25) is 4.68 Å². The van der Waals surface area contributed by atoms with Crippen molar-refractivity contribution in [2.24, 2.45) is 5.73 Å². The van der Waals surface area contributed by atoms with Gasteiger partial charge < -0.3 is 10.5 Å². The lowest BCUT2D eigenvalue weighted by molar-refractivity contribution is 0.209. The minimum Gasteiger partial charge on any atom is -0.487 e.